The fraction of sp³-hybridized carbons (Fsp3) is 0.950. The molecule has 3 aliphatic carbocycles. The van der Waals surface area contributed by atoms with Gasteiger partial charge in [-0.25, -0.2) is 0 Å². The number of carbonyl (C=O) groups excluding carboxylic acids is 1. The van der Waals surface area contributed by atoms with Crippen LogP contribution < -0.4 is 5.73 Å². The lowest BCUT2D eigenvalue weighted by Gasteiger charge is -2.58. The summed E-state index contributed by atoms with van der Waals surface area (Å²) in [4.78, 5) is 15.4. The van der Waals surface area contributed by atoms with Crippen molar-refractivity contribution < 1.29 is 9.53 Å². The number of ether oxygens (including phenoxy) is 1. The average Bonchev–Trinajstić information content (AvgIpc) is 2.56. The Labute approximate surface area is 148 Å². The molecule has 0 radical (unpaired) electrons. The Hall–Kier alpha value is -0.610. The van der Waals surface area contributed by atoms with Gasteiger partial charge in [-0.15, -0.1) is 0 Å². The molecule has 0 aromatic rings. The van der Waals surface area contributed by atoms with Gasteiger partial charge in [0, 0.05) is 11.6 Å². The van der Waals surface area contributed by atoms with Crippen molar-refractivity contribution in [2.75, 3.05) is 13.1 Å². The second-order valence-electron chi connectivity index (χ2n) is 8.83. The van der Waals surface area contributed by atoms with Gasteiger partial charge in [0.1, 0.15) is 5.60 Å². The topological polar surface area (TPSA) is 55.6 Å². The lowest BCUT2D eigenvalue weighted by Crippen LogP contribution is -2.68. The lowest BCUT2D eigenvalue weighted by molar-refractivity contribution is -0.179. The van der Waals surface area contributed by atoms with Gasteiger partial charge in [0.05, 0.1) is 5.41 Å². The summed E-state index contributed by atoms with van der Waals surface area (Å²) in [7, 11) is 0. The third-order valence-corrected chi connectivity index (χ3v) is 6.05. The Morgan fingerprint density at radius 1 is 1.04 bits per heavy atom. The summed E-state index contributed by atoms with van der Waals surface area (Å²) < 4.78 is 5.77. The van der Waals surface area contributed by atoms with Crippen molar-refractivity contribution in [3.63, 3.8) is 0 Å². The van der Waals surface area contributed by atoms with Crippen molar-refractivity contribution in [2.45, 2.75) is 103 Å². The van der Waals surface area contributed by atoms with Gasteiger partial charge in [0.2, 0.25) is 0 Å². The van der Waals surface area contributed by atoms with Crippen LogP contribution in [0.4, 0.5) is 0 Å². The van der Waals surface area contributed by atoms with Crippen molar-refractivity contribution >= 4 is 5.97 Å². The molecule has 4 fully saturated rings. The third kappa shape index (κ3) is 3.96. The first-order chi connectivity index (χ1) is 11.2. The molecule has 4 nitrogen and oxygen atoms in total. The third-order valence-electron chi connectivity index (χ3n) is 6.05. The van der Waals surface area contributed by atoms with E-state index >= 15 is 0 Å². The summed E-state index contributed by atoms with van der Waals surface area (Å²) in [6.45, 7) is 12.2. The summed E-state index contributed by atoms with van der Waals surface area (Å²) in [6.07, 6.45) is 8.51. The molecule has 2 bridgehead atoms. The maximum Gasteiger partial charge on any atom is 0.312 e. The van der Waals surface area contributed by atoms with E-state index in [0.717, 1.165) is 45.2 Å². The highest BCUT2D eigenvalue weighted by Crippen LogP contribution is 2.54. The summed E-state index contributed by atoms with van der Waals surface area (Å²) in [5, 5.41) is 0. The van der Waals surface area contributed by atoms with E-state index in [1.165, 1.54) is 19.3 Å². The highest BCUT2D eigenvalue weighted by Gasteiger charge is 2.58. The van der Waals surface area contributed by atoms with Crippen molar-refractivity contribution in [2.24, 2.45) is 11.1 Å². The molecule has 0 spiro atoms. The lowest BCUT2D eigenvalue weighted by atomic mass is 9.55. The van der Waals surface area contributed by atoms with Crippen LogP contribution in [-0.4, -0.2) is 41.1 Å². The maximum absolute atomic E-state index is 12.8. The number of rotatable bonds is 2. The monoisotopic (exact) mass is 338 g/mol. The zero-order chi connectivity index (χ0) is 18.0. The van der Waals surface area contributed by atoms with Crippen molar-refractivity contribution in [3.8, 4) is 0 Å². The molecular weight excluding hydrogens is 300 g/mol. The molecule has 1 aliphatic heterocycles. The summed E-state index contributed by atoms with van der Waals surface area (Å²) >= 11 is 0. The Morgan fingerprint density at radius 2 is 1.58 bits per heavy atom. The SMILES string of the molecule is CC.CC(C)(C)OC(=O)C12CCC(N)(CC1)C(N1CCCCC1)C2. The van der Waals surface area contributed by atoms with Crippen molar-refractivity contribution in [1.82, 2.24) is 4.90 Å². The van der Waals surface area contributed by atoms with Gasteiger partial charge >= 0.3 is 5.97 Å². The molecule has 1 atom stereocenters. The Kier molecular flexibility index (Phi) is 6.02. The van der Waals surface area contributed by atoms with Crippen molar-refractivity contribution in [3.05, 3.63) is 0 Å². The predicted molar refractivity (Wildman–Crippen MR) is 98.8 cm³/mol. The molecule has 2 N–H and O–H groups in total. The van der Waals surface area contributed by atoms with Crippen LogP contribution in [0, 0.1) is 5.41 Å². The van der Waals surface area contributed by atoms with E-state index in [2.05, 4.69) is 4.90 Å². The zero-order valence-electron chi connectivity index (χ0n) is 16.5. The van der Waals surface area contributed by atoms with Gasteiger partial charge in [-0.05, 0) is 78.8 Å². The van der Waals surface area contributed by atoms with E-state index in [4.69, 9.17) is 10.5 Å². The van der Waals surface area contributed by atoms with E-state index in [0.29, 0.717) is 6.04 Å². The number of likely N-dealkylation sites (tertiary alicyclic amines) is 1. The quantitative estimate of drug-likeness (QED) is 0.777. The normalized spacial score (nSPS) is 36.7. The number of fused-ring (bicyclic) bond motifs is 3. The van der Waals surface area contributed by atoms with Gasteiger partial charge < -0.3 is 10.5 Å². The maximum atomic E-state index is 12.8. The first-order valence-corrected chi connectivity index (χ1v) is 10.0. The molecular formula is C20H38N2O2. The van der Waals surface area contributed by atoms with Crippen LogP contribution in [-0.2, 0) is 9.53 Å². The fourth-order valence-corrected chi connectivity index (χ4v) is 4.70. The number of carbonyl (C=O) groups is 1. The minimum Gasteiger partial charge on any atom is -0.460 e. The average molecular weight is 339 g/mol. The number of nitrogens with two attached hydrogens (primary N) is 1. The van der Waals surface area contributed by atoms with Gasteiger partial charge in [0.25, 0.3) is 0 Å². The fourth-order valence-electron chi connectivity index (χ4n) is 4.70. The molecule has 4 aliphatic rings. The Balaban J connectivity index is 0.00000100. The first-order valence-electron chi connectivity index (χ1n) is 10.0. The van der Waals surface area contributed by atoms with Gasteiger partial charge in [-0.2, -0.15) is 0 Å². The standard InChI is InChI=1S/C18H32N2O2.C2H6/c1-16(2,3)22-15(21)17-7-9-18(19,10-8-17)14(13-17)20-11-5-4-6-12-20;1-2/h14H,4-13,19H2,1-3H3;1-2H3. The minimum absolute atomic E-state index is 0.0174. The van der Waals surface area contributed by atoms with E-state index in [1.807, 2.05) is 34.6 Å². The number of esters is 1. The van der Waals surface area contributed by atoms with Gasteiger partial charge in [-0.1, -0.05) is 20.3 Å². The second-order valence-corrected chi connectivity index (χ2v) is 8.83. The summed E-state index contributed by atoms with van der Waals surface area (Å²) in [5.74, 6) is 0.0174. The number of piperidine rings is 1. The van der Waals surface area contributed by atoms with Crippen LogP contribution in [0.15, 0.2) is 0 Å². The number of hydrogen-bond donors (Lipinski definition) is 1. The molecule has 0 aromatic carbocycles. The van der Waals surface area contributed by atoms with Gasteiger partial charge in [-0.3, -0.25) is 9.69 Å². The zero-order valence-corrected chi connectivity index (χ0v) is 16.5. The molecule has 1 unspecified atom stereocenters. The van der Waals surface area contributed by atoms with E-state index < -0.39 is 5.60 Å². The van der Waals surface area contributed by atoms with Crippen LogP contribution in [0.25, 0.3) is 0 Å². The van der Waals surface area contributed by atoms with Crippen LogP contribution >= 0.6 is 0 Å². The summed E-state index contributed by atoms with van der Waals surface area (Å²) in [6, 6.07) is 0.364. The Morgan fingerprint density at radius 3 is 2.08 bits per heavy atom. The highest BCUT2D eigenvalue weighted by atomic mass is 16.6. The van der Waals surface area contributed by atoms with Crippen LogP contribution in [0.5, 0.6) is 0 Å². The largest absolute Gasteiger partial charge is 0.460 e. The molecule has 140 valence electrons. The minimum atomic E-state index is -0.402. The van der Waals surface area contributed by atoms with Crippen LogP contribution in [0.1, 0.15) is 86.0 Å². The molecule has 1 saturated heterocycles. The first kappa shape index (κ1) is 19.7. The van der Waals surface area contributed by atoms with E-state index in [-0.39, 0.29) is 16.9 Å². The highest BCUT2D eigenvalue weighted by molar-refractivity contribution is 5.78. The second kappa shape index (κ2) is 7.33. The van der Waals surface area contributed by atoms with E-state index in [9.17, 15) is 4.79 Å². The molecule has 4 heteroatoms. The van der Waals surface area contributed by atoms with Crippen LogP contribution in [0.3, 0.4) is 0 Å². The number of nitrogens with zero attached hydrogens (tertiary/aromatic N) is 1. The molecule has 24 heavy (non-hydrogen) atoms. The predicted octanol–water partition coefficient (Wildman–Crippen LogP) is 3.87. The Bertz CT molecular complexity index is 427. The summed E-state index contributed by atoms with van der Waals surface area (Å²) in [5.41, 5.74) is 6.00. The van der Waals surface area contributed by atoms with E-state index in [1.54, 1.807) is 0 Å². The molecule has 1 heterocycles. The molecule has 0 amide bonds. The molecule has 3 saturated carbocycles. The molecule has 4 rings (SSSR count). The smallest absolute Gasteiger partial charge is 0.312 e. The van der Waals surface area contributed by atoms with Crippen LogP contribution in [0.2, 0.25) is 0 Å². The number of hydrogen-bond acceptors (Lipinski definition) is 4. The van der Waals surface area contributed by atoms with Crippen molar-refractivity contribution in [1.29, 1.82) is 0 Å². The van der Waals surface area contributed by atoms with Gasteiger partial charge in [0.15, 0.2) is 0 Å². The molecule has 0 aromatic heterocycles.